The van der Waals surface area contributed by atoms with E-state index in [0.29, 0.717) is 23.6 Å². The number of nitrogens with two attached hydrogens (primary N) is 1. The summed E-state index contributed by atoms with van der Waals surface area (Å²) >= 11 is 0. The first kappa shape index (κ1) is 13.4. The van der Waals surface area contributed by atoms with Crippen LogP contribution in [-0.4, -0.2) is 32.9 Å². The van der Waals surface area contributed by atoms with Crippen LogP contribution >= 0.6 is 0 Å². The SMILES string of the molecule is COC(C)(C)Cn1nnnc1-c1ccc(N)cc1F. The lowest BCUT2D eigenvalue weighted by atomic mass is 10.1. The molecule has 0 fully saturated rings. The van der Waals surface area contributed by atoms with Crippen LogP contribution < -0.4 is 5.73 Å². The van der Waals surface area contributed by atoms with E-state index in [1.807, 2.05) is 13.8 Å². The molecule has 6 nitrogen and oxygen atoms in total. The lowest BCUT2D eigenvalue weighted by Crippen LogP contribution is -2.30. The molecule has 2 rings (SSSR count). The molecular formula is C12H16FN5O. The third-order valence-corrected chi connectivity index (χ3v) is 2.85. The molecule has 0 aliphatic heterocycles. The molecule has 0 aliphatic rings. The van der Waals surface area contributed by atoms with Crippen molar-refractivity contribution in [1.82, 2.24) is 20.2 Å². The number of anilines is 1. The second kappa shape index (κ2) is 4.93. The van der Waals surface area contributed by atoms with Gasteiger partial charge in [0.25, 0.3) is 0 Å². The van der Waals surface area contributed by atoms with Gasteiger partial charge >= 0.3 is 0 Å². The topological polar surface area (TPSA) is 78.8 Å². The Kier molecular flexibility index (Phi) is 3.48. The minimum Gasteiger partial charge on any atom is -0.399 e. The van der Waals surface area contributed by atoms with E-state index in [0.717, 1.165) is 0 Å². The highest BCUT2D eigenvalue weighted by Crippen LogP contribution is 2.23. The molecule has 0 unspecified atom stereocenters. The van der Waals surface area contributed by atoms with Gasteiger partial charge in [0.2, 0.25) is 0 Å². The van der Waals surface area contributed by atoms with Crippen LogP contribution in [0.25, 0.3) is 11.4 Å². The number of nitrogens with zero attached hydrogens (tertiary/aromatic N) is 4. The van der Waals surface area contributed by atoms with E-state index in [4.69, 9.17) is 10.5 Å². The van der Waals surface area contributed by atoms with Gasteiger partial charge in [0.1, 0.15) is 5.82 Å². The first-order valence-electron chi connectivity index (χ1n) is 5.80. The molecule has 0 spiro atoms. The normalized spacial score (nSPS) is 11.8. The maximum Gasteiger partial charge on any atom is 0.185 e. The zero-order chi connectivity index (χ0) is 14.0. The average molecular weight is 265 g/mol. The zero-order valence-corrected chi connectivity index (χ0v) is 11.1. The fraction of sp³-hybridized carbons (Fsp3) is 0.417. The summed E-state index contributed by atoms with van der Waals surface area (Å²) in [5, 5.41) is 11.3. The summed E-state index contributed by atoms with van der Waals surface area (Å²) in [6.07, 6.45) is 0. The Hall–Kier alpha value is -2.02. The van der Waals surface area contributed by atoms with Gasteiger partial charge in [-0.15, -0.1) is 5.10 Å². The van der Waals surface area contributed by atoms with Gasteiger partial charge in [0, 0.05) is 12.8 Å². The van der Waals surface area contributed by atoms with Gasteiger partial charge in [0.15, 0.2) is 5.82 Å². The van der Waals surface area contributed by atoms with Crippen LogP contribution in [0.15, 0.2) is 18.2 Å². The molecule has 0 radical (unpaired) electrons. The summed E-state index contributed by atoms with van der Waals surface area (Å²) in [7, 11) is 1.60. The average Bonchev–Trinajstić information content (AvgIpc) is 2.76. The van der Waals surface area contributed by atoms with Gasteiger partial charge in [-0.3, -0.25) is 0 Å². The number of halogens is 1. The van der Waals surface area contributed by atoms with E-state index in [9.17, 15) is 4.39 Å². The van der Waals surface area contributed by atoms with Crippen LogP contribution in [0.2, 0.25) is 0 Å². The van der Waals surface area contributed by atoms with Crippen molar-refractivity contribution in [2.45, 2.75) is 26.0 Å². The number of methoxy groups -OCH3 is 1. The van der Waals surface area contributed by atoms with Crippen molar-refractivity contribution in [3.8, 4) is 11.4 Å². The van der Waals surface area contributed by atoms with Gasteiger partial charge in [-0.25, -0.2) is 9.07 Å². The highest BCUT2D eigenvalue weighted by Gasteiger charge is 2.22. The first-order chi connectivity index (χ1) is 8.93. The van der Waals surface area contributed by atoms with E-state index < -0.39 is 11.4 Å². The maximum absolute atomic E-state index is 13.9. The van der Waals surface area contributed by atoms with Crippen LogP contribution in [0, 0.1) is 5.82 Å². The number of nitrogen functional groups attached to an aromatic ring is 1. The van der Waals surface area contributed by atoms with Gasteiger partial charge in [-0.2, -0.15) is 0 Å². The molecular weight excluding hydrogens is 249 g/mol. The van der Waals surface area contributed by atoms with Crippen LogP contribution in [0.3, 0.4) is 0 Å². The summed E-state index contributed by atoms with van der Waals surface area (Å²) in [6.45, 7) is 4.21. The Balaban J connectivity index is 2.39. The smallest absolute Gasteiger partial charge is 0.185 e. The Morgan fingerprint density at radius 3 is 2.79 bits per heavy atom. The minimum atomic E-state index is -0.453. The number of tetrazole rings is 1. The van der Waals surface area contributed by atoms with Crippen molar-refractivity contribution >= 4 is 5.69 Å². The number of aromatic nitrogens is 4. The van der Waals surface area contributed by atoms with Gasteiger partial charge in [-0.1, -0.05) is 0 Å². The molecule has 2 aromatic rings. The summed E-state index contributed by atoms with van der Waals surface area (Å²) in [5.74, 6) is -0.103. The number of hydrogen-bond donors (Lipinski definition) is 1. The Morgan fingerprint density at radius 2 is 2.16 bits per heavy atom. The Morgan fingerprint density at radius 1 is 1.42 bits per heavy atom. The highest BCUT2D eigenvalue weighted by atomic mass is 19.1. The number of benzene rings is 1. The van der Waals surface area contributed by atoms with Crippen LogP contribution in [-0.2, 0) is 11.3 Å². The van der Waals surface area contributed by atoms with E-state index in [1.165, 1.54) is 10.7 Å². The molecule has 102 valence electrons. The Labute approximate surface area is 110 Å². The largest absolute Gasteiger partial charge is 0.399 e. The van der Waals surface area contributed by atoms with Crippen molar-refractivity contribution in [2.75, 3.05) is 12.8 Å². The first-order valence-corrected chi connectivity index (χ1v) is 5.80. The zero-order valence-electron chi connectivity index (χ0n) is 11.1. The van der Waals surface area contributed by atoms with Crippen molar-refractivity contribution in [3.63, 3.8) is 0 Å². The number of hydrogen-bond acceptors (Lipinski definition) is 5. The van der Waals surface area contributed by atoms with Gasteiger partial charge < -0.3 is 10.5 Å². The van der Waals surface area contributed by atoms with Crippen molar-refractivity contribution in [1.29, 1.82) is 0 Å². The predicted octanol–water partition coefficient (Wildman–Crippen LogP) is 1.49. The van der Waals surface area contributed by atoms with Crippen LogP contribution in [0.5, 0.6) is 0 Å². The van der Waals surface area contributed by atoms with E-state index in [2.05, 4.69) is 15.5 Å². The molecule has 0 bridgehead atoms. The predicted molar refractivity (Wildman–Crippen MR) is 68.7 cm³/mol. The number of rotatable bonds is 4. The second-order valence-corrected chi connectivity index (χ2v) is 4.86. The quantitative estimate of drug-likeness (QED) is 0.847. The van der Waals surface area contributed by atoms with E-state index in [1.54, 1.807) is 19.2 Å². The van der Waals surface area contributed by atoms with Gasteiger partial charge in [-0.05, 0) is 42.5 Å². The molecule has 0 saturated heterocycles. The van der Waals surface area contributed by atoms with Crippen molar-refractivity contribution < 1.29 is 9.13 Å². The third-order valence-electron chi connectivity index (χ3n) is 2.85. The standard InChI is InChI=1S/C12H16FN5O/c1-12(2,19-3)7-18-11(15-16-17-18)9-5-4-8(14)6-10(9)13/h4-6H,7,14H2,1-3H3. The lowest BCUT2D eigenvalue weighted by molar-refractivity contribution is 0.00537. The lowest BCUT2D eigenvalue weighted by Gasteiger charge is -2.22. The second-order valence-electron chi connectivity index (χ2n) is 4.86. The molecule has 0 amide bonds. The molecule has 1 aromatic carbocycles. The monoisotopic (exact) mass is 265 g/mol. The summed E-state index contributed by atoms with van der Waals surface area (Å²) in [6, 6.07) is 4.42. The minimum absolute atomic E-state index is 0.311. The molecule has 2 N–H and O–H groups in total. The molecule has 19 heavy (non-hydrogen) atoms. The summed E-state index contributed by atoms with van der Waals surface area (Å²) < 4.78 is 20.7. The summed E-state index contributed by atoms with van der Waals surface area (Å²) in [4.78, 5) is 0. The van der Waals surface area contributed by atoms with Crippen molar-refractivity contribution in [2.24, 2.45) is 0 Å². The molecule has 7 heteroatoms. The molecule has 0 aliphatic carbocycles. The highest BCUT2D eigenvalue weighted by molar-refractivity contribution is 5.59. The fourth-order valence-corrected chi connectivity index (χ4v) is 1.64. The van der Waals surface area contributed by atoms with Crippen LogP contribution in [0.4, 0.5) is 10.1 Å². The van der Waals surface area contributed by atoms with E-state index >= 15 is 0 Å². The molecule has 1 aromatic heterocycles. The number of ether oxygens (including phenoxy) is 1. The maximum atomic E-state index is 13.9. The van der Waals surface area contributed by atoms with Crippen LogP contribution in [0.1, 0.15) is 13.8 Å². The van der Waals surface area contributed by atoms with Gasteiger partial charge in [0.05, 0.1) is 17.7 Å². The van der Waals surface area contributed by atoms with Crippen molar-refractivity contribution in [3.05, 3.63) is 24.0 Å². The fourth-order valence-electron chi connectivity index (χ4n) is 1.64. The van der Waals surface area contributed by atoms with E-state index in [-0.39, 0.29) is 0 Å². The Bertz CT molecular complexity index is 581. The summed E-state index contributed by atoms with van der Waals surface area (Å²) in [5.41, 5.74) is 5.74. The third kappa shape index (κ3) is 2.87. The molecule has 0 atom stereocenters. The molecule has 0 saturated carbocycles. The molecule has 1 heterocycles.